The first-order valence-electron chi connectivity index (χ1n) is 8.03. The zero-order valence-corrected chi connectivity index (χ0v) is 13.6. The van der Waals surface area contributed by atoms with E-state index in [1.807, 2.05) is 0 Å². The fourth-order valence-corrected chi connectivity index (χ4v) is 3.41. The summed E-state index contributed by atoms with van der Waals surface area (Å²) in [5.41, 5.74) is 1.71. The zero-order valence-electron chi connectivity index (χ0n) is 13.6. The van der Waals surface area contributed by atoms with E-state index < -0.39 is 5.54 Å². The Kier molecular flexibility index (Phi) is 4.90. The summed E-state index contributed by atoms with van der Waals surface area (Å²) in [5, 5.41) is 10.0. The van der Waals surface area contributed by atoms with Gasteiger partial charge in [-0.15, -0.1) is 0 Å². The topological polar surface area (TPSA) is 36.3 Å². The minimum absolute atomic E-state index is 0.395. The summed E-state index contributed by atoms with van der Waals surface area (Å²) in [6.07, 6.45) is 1.75. The Morgan fingerprint density at radius 3 is 2.62 bits per heavy atom. The fourth-order valence-electron chi connectivity index (χ4n) is 3.41. The van der Waals surface area contributed by atoms with Gasteiger partial charge in [-0.25, -0.2) is 0 Å². The average Bonchev–Trinajstić information content (AvgIpc) is 2.68. The lowest BCUT2D eigenvalue weighted by atomic mass is 9.83. The molecule has 0 aliphatic carbocycles. The van der Waals surface area contributed by atoms with Crippen molar-refractivity contribution in [3.05, 3.63) is 29.3 Å². The molecule has 1 unspecified atom stereocenters. The highest BCUT2D eigenvalue weighted by Gasteiger charge is 2.41. The minimum atomic E-state index is -0.555. The van der Waals surface area contributed by atoms with E-state index in [1.54, 1.807) is 0 Å². The van der Waals surface area contributed by atoms with Crippen LogP contribution in [-0.2, 0) is 5.54 Å². The standard InChI is InChI=1S/C18H26N2O/c1-5-20(6-2)18(13-19)11-8-12-21-17-15(14(3)4)9-7-10-16(17)18/h7,9-10,14H,5-6,8,11-12H2,1-4H3. The maximum atomic E-state index is 10.0. The van der Waals surface area contributed by atoms with Gasteiger partial charge < -0.3 is 4.74 Å². The lowest BCUT2D eigenvalue weighted by Gasteiger charge is -2.38. The molecule has 0 saturated heterocycles. The van der Waals surface area contributed by atoms with Gasteiger partial charge in [-0.05, 0) is 37.4 Å². The largest absolute Gasteiger partial charge is 0.493 e. The van der Waals surface area contributed by atoms with Gasteiger partial charge in [0.25, 0.3) is 0 Å². The van der Waals surface area contributed by atoms with Crippen LogP contribution in [0.4, 0.5) is 0 Å². The van der Waals surface area contributed by atoms with Gasteiger partial charge in [0.1, 0.15) is 11.3 Å². The zero-order chi connectivity index (χ0) is 15.5. The molecule has 0 bridgehead atoms. The van der Waals surface area contributed by atoms with Crippen LogP contribution in [-0.4, -0.2) is 24.6 Å². The molecule has 1 atom stereocenters. The SMILES string of the molecule is CCN(CC)C1(C#N)CCCOc2c(C(C)C)cccc21. The van der Waals surface area contributed by atoms with E-state index in [-0.39, 0.29) is 0 Å². The van der Waals surface area contributed by atoms with Gasteiger partial charge in [0.15, 0.2) is 0 Å². The van der Waals surface area contributed by atoms with Crippen LogP contribution >= 0.6 is 0 Å². The molecule has 0 fully saturated rings. The maximum absolute atomic E-state index is 10.0. The second-order valence-electron chi connectivity index (χ2n) is 5.98. The molecule has 0 saturated carbocycles. The van der Waals surface area contributed by atoms with Gasteiger partial charge in [0.05, 0.1) is 12.7 Å². The molecule has 1 aliphatic rings. The molecule has 2 rings (SSSR count). The van der Waals surface area contributed by atoms with Crippen LogP contribution in [0.1, 0.15) is 57.6 Å². The molecule has 3 heteroatoms. The van der Waals surface area contributed by atoms with Crippen molar-refractivity contribution in [2.24, 2.45) is 0 Å². The third-order valence-corrected chi connectivity index (χ3v) is 4.53. The second-order valence-corrected chi connectivity index (χ2v) is 5.98. The number of hydrogen-bond donors (Lipinski definition) is 0. The monoisotopic (exact) mass is 286 g/mol. The normalized spacial score (nSPS) is 21.6. The molecule has 0 aromatic heterocycles. The molecule has 0 amide bonds. The van der Waals surface area contributed by atoms with Gasteiger partial charge in [-0.1, -0.05) is 45.9 Å². The molecule has 1 heterocycles. The Bertz CT molecular complexity index is 529. The smallest absolute Gasteiger partial charge is 0.138 e. The molecule has 3 nitrogen and oxygen atoms in total. The van der Waals surface area contributed by atoms with Crippen LogP contribution in [0.25, 0.3) is 0 Å². The molecular formula is C18H26N2O. The van der Waals surface area contributed by atoms with Crippen LogP contribution in [0.5, 0.6) is 5.75 Å². The summed E-state index contributed by atoms with van der Waals surface area (Å²) < 4.78 is 6.06. The summed E-state index contributed by atoms with van der Waals surface area (Å²) in [6.45, 7) is 11.0. The van der Waals surface area contributed by atoms with Crippen molar-refractivity contribution in [3.8, 4) is 11.8 Å². The number of benzene rings is 1. The molecule has 0 N–H and O–H groups in total. The molecule has 0 spiro atoms. The molecule has 21 heavy (non-hydrogen) atoms. The van der Waals surface area contributed by atoms with Crippen LogP contribution in [0.15, 0.2) is 18.2 Å². The van der Waals surface area contributed by atoms with Crippen molar-refractivity contribution in [1.82, 2.24) is 4.90 Å². The van der Waals surface area contributed by atoms with Crippen molar-refractivity contribution in [1.29, 1.82) is 5.26 Å². The van der Waals surface area contributed by atoms with Crippen LogP contribution in [0.2, 0.25) is 0 Å². The average molecular weight is 286 g/mol. The highest BCUT2D eigenvalue weighted by atomic mass is 16.5. The second kappa shape index (κ2) is 6.49. The summed E-state index contributed by atoms with van der Waals surface area (Å²) in [5.74, 6) is 1.34. The van der Waals surface area contributed by atoms with Crippen molar-refractivity contribution >= 4 is 0 Å². The summed E-state index contributed by atoms with van der Waals surface area (Å²) in [4.78, 5) is 2.27. The lowest BCUT2D eigenvalue weighted by molar-refractivity contribution is 0.142. The first kappa shape index (κ1) is 15.9. The lowest BCUT2D eigenvalue weighted by Crippen LogP contribution is -2.45. The van der Waals surface area contributed by atoms with Gasteiger partial charge in [0, 0.05) is 5.56 Å². The van der Waals surface area contributed by atoms with E-state index in [2.05, 4.69) is 56.9 Å². The first-order valence-corrected chi connectivity index (χ1v) is 8.03. The summed E-state index contributed by atoms with van der Waals surface area (Å²) in [6, 6.07) is 8.90. The summed E-state index contributed by atoms with van der Waals surface area (Å²) in [7, 11) is 0. The number of para-hydroxylation sites is 1. The number of ether oxygens (including phenoxy) is 1. The minimum Gasteiger partial charge on any atom is -0.493 e. The number of rotatable bonds is 4. The third-order valence-electron chi connectivity index (χ3n) is 4.53. The van der Waals surface area contributed by atoms with E-state index in [4.69, 9.17) is 4.74 Å². The van der Waals surface area contributed by atoms with Crippen molar-refractivity contribution in [2.45, 2.75) is 52.0 Å². The van der Waals surface area contributed by atoms with E-state index in [0.717, 1.165) is 37.2 Å². The Hall–Kier alpha value is -1.53. The first-order chi connectivity index (χ1) is 10.1. The predicted molar refractivity (Wildman–Crippen MR) is 85.5 cm³/mol. The fraction of sp³-hybridized carbons (Fsp3) is 0.611. The molecule has 0 radical (unpaired) electrons. The molecule has 1 aliphatic heterocycles. The molecule has 1 aromatic carbocycles. The predicted octanol–water partition coefficient (Wildman–Crippen LogP) is 4.04. The van der Waals surface area contributed by atoms with Gasteiger partial charge >= 0.3 is 0 Å². The third kappa shape index (κ3) is 2.65. The maximum Gasteiger partial charge on any atom is 0.138 e. The highest BCUT2D eigenvalue weighted by molar-refractivity contribution is 5.50. The number of nitriles is 1. The highest BCUT2D eigenvalue weighted by Crippen LogP contribution is 2.43. The van der Waals surface area contributed by atoms with E-state index in [9.17, 15) is 5.26 Å². The van der Waals surface area contributed by atoms with Crippen molar-refractivity contribution in [3.63, 3.8) is 0 Å². The van der Waals surface area contributed by atoms with Crippen molar-refractivity contribution in [2.75, 3.05) is 19.7 Å². The van der Waals surface area contributed by atoms with Gasteiger partial charge in [0.2, 0.25) is 0 Å². The Labute approximate surface area is 128 Å². The van der Waals surface area contributed by atoms with Crippen LogP contribution < -0.4 is 4.74 Å². The molecule has 114 valence electrons. The quantitative estimate of drug-likeness (QED) is 0.838. The molecular weight excluding hydrogens is 260 g/mol. The Balaban J connectivity index is 2.67. The van der Waals surface area contributed by atoms with Crippen LogP contribution in [0.3, 0.4) is 0 Å². The van der Waals surface area contributed by atoms with E-state index >= 15 is 0 Å². The van der Waals surface area contributed by atoms with Crippen molar-refractivity contribution < 1.29 is 4.74 Å². The summed E-state index contributed by atoms with van der Waals surface area (Å²) >= 11 is 0. The number of fused-ring (bicyclic) bond motifs is 1. The van der Waals surface area contributed by atoms with Gasteiger partial charge in [-0.2, -0.15) is 5.26 Å². The van der Waals surface area contributed by atoms with Gasteiger partial charge in [-0.3, -0.25) is 4.90 Å². The van der Waals surface area contributed by atoms with Crippen LogP contribution in [0, 0.1) is 11.3 Å². The molecule has 1 aromatic rings. The Morgan fingerprint density at radius 2 is 2.05 bits per heavy atom. The number of nitrogens with zero attached hydrogens (tertiary/aromatic N) is 2. The van der Waals surface area contributed by atoms with E-state index in [0.29, 0.717) is 12.5 Å². The number of hydrogen-bond acceptors (Lipinski definition) is 3. The van der Waals surface area contributed by atoms with E-state index in [1.165, 1.54) is 5.56 Å². The Morgan fingerprint density at radius 1 is 1.33 bits per heavy atom.